The lowest BCUT2D eigenvalue weighted by Gasteiger charge is -2.40. The summed E-state index contributed by atoms with van der Waals surface area (Å²) in [4.78, 5) is 14.1. The summed E-state index contributed by atoms with van der Waals surface area (Å²) >= 11 is 0. The standard InChI is InChI=1S/C18H27NO3/c1-2-18(15-20)10-12-19(13-11-18)17(21)9-6-14-22-16-7-4-3-5-8-16/h3-5,7-8,20H,2,6,9-15H2,1H3. The van der Waals surface area contributed by atoms with Crippen LogP contribution in [0.1, 0.15) is 39.0 Å². The molecule has 0 radical (unpaired) electrons. The van der Waals surface area contributed by atoms with Crippen molar-refractivity contribution in [1.82, 2.24) is 4.90 Å². The van der Waals surface area contributed by atoms with Crippen molar-refractivity contribution in [3.8, 4) is 5.75 Å². The number of carbonyl (C=O) groups is 1. The molecule has 0 unspecified atom stereocenters. The summed E-state index contributed by atoms with van der Waals surface area (Å²) in [5.41, 5.74) is 0.0349. The number of para-hydroxylation sites is 1. The molecule has 0 aliphatic carbocycles. The van der Waals surface area contributed by atoms with Crippen molar-refractivity contribution in [2.45, 2.75) is 39.0 Å². The van der Waals surface area contributed by atoms with E-state index < -0.39 is 0 Å². The average molecular weight is 305 g/mol. The van der Waals surface area contributed by atoms with Gasteiger partial charge in [-0.25, -0.2) is 0 Å². The molecule has 1 saturated heterocycles. The molecule has 0 aromatic heterocycles. The molecule has 1 aliphatic heterocycles. The zero-order chi connectivity index (χ0) is 15.8. The van der Waals surface area contributed by atoms with Gasteiger partial charge in [0, 0.05) is 26.1 Å². The maximum absolute atomic E-state index is 12.2. The molecule has 0 saturated carbocycles. The van der Waals surface area contributed by atoms with E-state index in [0.717, 1.165) is 44.5 Å². The number of nitrogens with zero attached hydrogens (tertiary/aromatic N) is 1. The van der Waals surface area contributed by atoms with Crippen LogP contribution in [0.25, 0.3) is 0 Å². The lowest BCUT2D eigenvalue weighted by molar-refractivity contribution is -0.134. The molecule has 0 atom stereocenters. The second kappa shape index (κ2) is 8.18. The first-order chi connectivity index (χ1) is 10.7. The minimum atomic E-state index is 0.0349. The van der Waals surface area contributed by atoms with Gasteiger partial charge >= 0.3 is 0 Å². The van der Waals surface area contributed by atoms with Crippen LogP contribution in [0.2, 0.25) is 0 Å². The molecule has 1 fully saturated rings. The topological polar surface area (TPSA) is 49.8 Å². The Bertz CT molecular complexity index is 447. The van der Waals surface area contributed by atoms with Gasteiger partial charge in [0.05, 0.1) is 6.61 Å². The van der Waals surface area contributed by atoms with Crippen molar-refractivity contribution in [3.05, 3.63) is 30.3 Å². The fourth-order valence-corrected chi connectivity index (χ4v) is 2.94. The maximum atomic E-state index is 12.2. The normalized spacial score (nSPS) is 17.3. The summed E-state index contributed by atoms with van der Waals surface area (Å²) in [6.45, 7) is 4.46. The SMILES string of the molecule is CCC1(CO)CCN(C(=O)CCCOc2ccccc2)CC1. The molecule has 122 valence electrons. The maximum Gasteiger partial charge on any atom is 0.222 e. The van der Waals surface area contributed by atoms with E-state index in [0.29, 0.717) is 13.0 Å². The minimum Gasteiger partial charge on any atom is -0.494 e. The highest BCUT2D eigenvalue weighted by atomic mass is 16.5. The summed E-state index contributed by atoms with van der Waals surface area (Å²) in [6, 6.07) is 9.68. The van der Waals surface area contributed by atoms with Crippen LogP contribution in [0, 0.1) is 5.41 Å². The van der Waals surface area contributed by atoms with Gasteiger partial charge in [0.2, 0.25) is 5.91 Å². The highest BCUT2D eigenvalue weighted by molar-refractivity contribution is 5.76. The van der Waals surface area contributed by atoms with Crippen LogP contribution in [0.4, 0.5) is 0 Å². The molecular formula is C18H27NO3. The summed E-state index contributed by atoms with van der Waals surface area (Å²) in [6.07, 6.45) is 4.07. The number of benzene rings is 1. The quantitative estimate of drug-likeness (QED) is 0.788. The third-order valence-electron chi connectivity index (χ3n) is 4.81. The van der Waals surface area contributed by atoms with E-state index in [9.17, 15) is 9.90 Å². The first-order valence-corrected chi connectivity index (χ1v) is 8.25. The van der Waals surface area contributed by atoms with E-state index in [1.54, 1.807) is 0 Å². The molecule has 1 aliphatic rings. The van der Waals surface area contributed by atoms with Gasteiger partial charge in [0.15, 0.2) is 0 Å². The van der Waals surface area contributed by atoms with Crippen LogP contribution < -0.4 is 4.74 Å². The summed E-state index contributed by atoms with van der Waals surface area (Å²) in [5, 5.41) is 9.53. The summed E-state index contributed by atoms with van der Waals surface area (Å²) in [5.74, 6) is 1.06. The van der Waals surface area contributed by atoms with Crippen molar-refractivity contribution >= 4 is 5.91 Å². The molecule has 0 spiro atoms. The van der Waals surface area contributed by atoms with E-state index in [2.05, 4.69) is 6.92 Å². The molecule has 1 amide bonds. The third kappa shape index (κ3) is 4.47. The number of aliphatic hydroxyl groups excluding tert-OH is 1. The Hall–Kier alpha value is -1.55. The van der Waals surface area contributed by atoms with Crippen LogP contribution in [-0.4, -0.2) is 42.2 Å². The fraction of sp³-hybridized carbons (Fsp3) is 0.611. The van der Waals surface area contributed by atoms with Crippen LogP contribution in [-0.2, 0) is 4.79 Å². The highest BCUT2D eigenvalue weighted by Crippen LogP contribution is 2.34. The van der Waals surface area contributed by atoms with Gasteiger partial charge in [-0.15, -0.1) is 0 Å². The Morgan fingerprint density at radius 1 is 1.27 bits per heavy atom. The van der Waals surface area contributed by atoms with E-state index in [-0.39, 0.29) is 17.9 Å². The van der Waals surface area contributed by atoms with Crippen molar-refractivity contribution in [2.24, 2.45) is 5.41 Å². The van der Waals surface area contributed by atoms with E-state index in [4.69, 9.17) is 4.74 Å². The van der Waals surface area contributed by atoms with E-state index >= 15 is 0 Å². The van der Waals surface area contributed by atoms with Gasteiger partial charge < -0.3 is 14.7 Å². The first-order valence-electron chi connectivity index (χ1n) is 8.25. The van der Waals surface area contributed by atoms with E-state index in [1.165, 1.54) is 0 Å². The second-order valence-corrected chi connectivity index (χ2v) is 6.16. The van der Waals surface area contributed by atoms with Crippen molar-refractivity contribution in [3.63, 3.8) is 0 Å². The predicted octanol–water partition coefficient (Wildman–Crippen LogP) is 2.86. The number of amides is 1. The lowest BCUT2D eigenvalue weighted by atomic mass is 9.77. The Labute approximate surface area is 133 Å². The molecule has 1 aromatic carbocycles. The largest absolute Gasteiger partial charge is 0.494 e. The first kappa shape index (κ1) is 16.8. The Kier molecular flexibility index (Phi) is 6.25. The number of likely N-dealkylation sites (tertiary alicyclic amines) is 1. The van der Waals surface area contributed by atoms with Crippen molar-refractivity contribution in [2.75, 3.05) is 26.3 Å². The van der Waals surface area contributed by atoms with Gasteiger partial charge in [-0.3, -0.25) is 4.79 Å². The molecule has 4 heteroatoms. The summed E-state index contributed by atoms with van der Waals surface area (Å²) in [7, 11) is 0. The van der Waals surface area contributed by atoms with Crippen molar-refractivity contribution < 1.29 is 14.6 Å². The molecule has 1 heterocycles. The number of hydrogen-bond acceptors (Lipinski definition) is 3. The van der Waals surface area contributed by atoms with Crippen LogP contribution in [0.15, 0.2) is 30.3 Å². The van der Waals surface area contributed by atoms with Gasteiger partial charge in [-0.05, 0) is 43.2 Å². The Morgan fingerprint density at radius 2 is 1.95 bits per heavy atom. The highest BCUT2D eigenvalue weighted by Gasteiger charge is 2.33. The number of aliphatic hydroxyl groups is 1. The Morgan fingerprint density at radius 3 is 2.55 bits per heavy atom. The zero-order valence-corrected chi connectivity index (χ0v) is 13.5. The molecule has 22 heavy (non-hydrogen) atoms. The number of rotatable bonds is 7. The molecule has 4 nitrogen and oxygen atoms in total. The number of ether oxygens (including phenoxy) is 1. The third-order valence-corrected chi connectivity index (χ3v) is 4.81. The summed E-state index contributed by atoms with van der Waals surface area (Å²) < 4.78 is 5.61. The molecule has 2 rings (SSSR count). The monoisotopic (exact) mass is 305 g/mol. The number of carbonyl (C=O) groups excluding carboxylic acids is 1. The van der Waals surface area contributed by atoms with Gasteiger partial charge in [0.25, 0.3) is 0 Å². The van der Waals surface area contributed by atoms with Crippen LogP contribution in [0.3, 0.4) is 0 Å². The number of hydrogen-bond donors (Lipinski definition) is 1. The Balaban J connectivity index is 1.66. The smallest absolute Gasteiger partial charge is 0.222 e. The number of piperidine rings is 1. The second-order valence-electron chi connectivity index (χ2n) is 6.16. The van der Waals surface area contributed by atoms with Gasteiger partial charge in [0.1, 0.15) is 5.75 Å². The van der Waals surface area contributed by atoms with E-state index in [1.807, 2.05) is 35.2 Å². The van der Waals surface area contributed by atoms with Gasteiger partial charge in [-0.2, -0.15) is 0 Å². The van der Waals surface area contributed by atoms with Crippen LogP contribution >= 0.6 is 0 Å². The fourth-order valence-electron chi connectivity index (χ4n) is 2.94. The molecule has 0 bridgehead atoms. The minimum absolute atomic E-state index is 0.0349. The zero-order valence-electron chi connectivity index (χ0n) is 13.5. The lowest BCUT2D eigenvalue weighted by Crippen LogP contribution is -2.44. The predicted molar refractivity (Wildman–Crippen MR) is 86.8 cm³/mol. The molecule has 1 N–H and O–H groups in total. The van der Waals surface area contributed by atoms with Crippen molar-refractivity contribution in [1.29, 1.82) is 0 Å². The molecule has 1 aromatic rings. The molecular weight excluding hydrogens is 278 g/mol. The van der Waals surface area contributed by atoms with Crippen LogP contribution in [0.5, 0.6) is 5.75 Å². The van der Waals surface area contributed by atoms with Gasteiger partial charge in [-0.1, -0.05) is 25.1 Å². The average Bonchev–Trinajstić information content (AvgIpc) is 2.59.